The normalized spacial score (nSPS) is 21.1. The van der Waals surface area contributed by atoms with E-state index in [1.807, 2.05) is 12.3 Å². The maximum Gasteiger partial charge on any atom is 0.0931 e. The van der Waals surface area contributed by atoms with Gasteiger partial charge in [0.15, 0.2) is 0 Å². The Hall–Kier alpha value is -1.09. The lowest BCUT2D eigenvalue weighted by Crippen LogP contribution is -2.22. The highest BCUT2D eigenvalue weighted by Crippen LogP contribution is 2.32. The molecule has 1 atom stereocenters. The largest absolute Gasteiger partial charge is 0.387 e. The molecule has 0 radical (unpaired) electrons. The third-order valence-corrected chi connectivity index (χ3v) is 3.24. The van der Waals surface area contributed by atoms with Gasteiger partial charge < -0.3 is 10.0 Å². The van der Waals surface area contributed by atoms with E-state index in [0.717, 1.165) is 24.5 Å². The van der Waals surface area contributed by atoms with Crippen molar-refractivity contribution in [3.63, 3.8) is 0 Å². The number of aromatic nitrogens is 1. The van der Waals surface area contributed by atoms with Crippen molar-refractivity contribution >= 4 is 5.69 Å². The van der Waals surface area contributed by atoms with Gasteiger partial charge in [0.1, 0.15) is 0 Å². The SMILES string of the molecule is C[C@H](O)c1ccc(N2CCC(C)(C)C2)cn1. The van der Waals surface area contributed by atoms with Gasteiger partial charge in [-0.25, -0.2) is 0 Å². The third-order valence-electron chi connectivity index (χ3n) is 3.24. The van der Waals surface area contributed by atoms with E-state index in [4.69, 9.17) is 0 Å². The van der Waals surface area contributed by atoms with Crippen molar-refractivity contribution in [2.75, 3.05) is 18.0 Å². The molecule has 3 heteroatoms. The van der Waals surface area contributed by atoms with Crippen molar-refractivity contribution in [3.8, 4) is 0 Å². The second-order valence-electron chi connectivity index (χ2n) is 5.45. The molecule has 0 aliphatic carbocycles. The van der Waals surface area contributed by atoms with E-state index >= 15 is 0 Å². The highest BCUT2D eigenvalue weighted by Gasteiger charge is 2.29. The average Bonchev–Trinajstić information content (AvgIpc) is 2.59. The fourth-order valence-corrected chi connectivity index (χ4v) is 2.16. The summed E-state index contributed by atoms with van der Waals surface area (Å²) < 4.78 is 0. The molecule has 0 bridgehead atoms. The van der Waals surface area contributed by atoms with Gasteiger partial charge in [-0.05, 0) is 30.9 Å². The Bertz CT molecular complexity index is 357. The molecular weight excluding hydrogens is 200 g/mol. The van der Waals surface area contributed by atoms with Gasteiger partial charge in [0, 0.05) is 13.1 Å². The molecule has 1 aromatic heterocycles. The summed E-state index contributed by atoms with van der Waals surface area (Å²) in [6, 6.07) is 3.96. The van der Waals surface area contributed by atoms with Crippen LogP contribution in [0, 0.1) is 5.41 Å². The molecular formula is C13H20N2O. The monoisotopic (exact) mass is 220 g/mol. The van der Waals surface area contributed by atoms with Crippen LogP contribution in [0.4, 0.5) is 5.69 Å². The van der Waals surface area contributed by atoms with Crippen LogP contribution in [0.25, 0.3) is 0 Å². The van der Waals surface area contributed by atoms with Crippen molar-refractivity contribution in [2.45, 2.75) is 33.3 Å². The number of hydrogen-bond acceptors (Lipinski definition) is 3. The summed E-state index contributed by atoms with van der Waals surface area (Å²) in [7, 11) is 0. The lowest BCUT2D eigenvalue weighted by atomic mass is 9.93. The van der Waals surface area contributed by atoms with Crippen molar-refractivity contribution < 1.29 is 5.11 Å². The average molecular weight is 220 g/mol. The summed E-state index contributed by atoms with van der Waals surface area (Å²) in [4.78, 5) is 6.64. The van der Waals surface area contributed by atoms with Crippen LogP contribution in [-0.2, 0) is 0 Å². The van der Waals surface area contributed by atoms with Gasteiger partial charge >= 0.3 is 0 Å². The number of nitrogens with zero attached hydrogens (tertiary/aromatic N) is 2. The van der Waals surface area contributed by atoms with Gasteiger partial charge in [-0.15, -0.1) is 0 Å². The van der Waals surface area contributed by atoms with Gasteiger partial charge in [-0.2, -0.15) is 0 Å². The first-order valence-electron chi connectivity index (χ1n) is 5.87. The Morgan fingerprint density at radius 2 is 2.19 bits per heavy atom. The number of anilines is 1. The predicted octanol–water partition coefficient (Wildman–Crippen LogP) is 2.37. The Morgan fingerprint density at radius 1 is 1.44 bits per heavy atom. The minimum atomic E-state index is -0.482. The van der Waals surface area contributed by atoms with Gasteiger partial charge in [0.05, 0.1) is 23.7 Å². The second-order valence-corrected chi connectivity index (χ2v) is 5.45. The molecule has 88 valence electrons. The minimum Gasteiger partial charge on any atom is -0.387 e. The summed E-state index contributed by atoms with van der Waals surface area (Å²) >= 11 is 0. The summed E-state index contributed by atoms with van der Waals surface area (Å²) in [5.74, 6) is 0. The molecule has 1 N–H and O–H groups in total. The quantitative estimate of drug-likeness (QED) is 0.831. The van der Waals surface area contributed by atoms with E-state index in [-0.39, 0.29) is 0 Å². The molecule has 1 aliphatic rings. The number of aliphatic hydroxyl groups excluding tert-OH is 1. The summed E-state index contributed by atoms with van der Waals surface area (Å²) in [5, 5.41) is 9.39. The van der Waals surface area contributed by atoms with Gasteiger partial charge in [0.25, 0.3) is 0 Å². The van der Waals surface area contributed by atoms with E-state index in [1.165, 1.54) is 6.42 Å². The van der Waals surface area contributed by atoms with Crippen molar-refractivity contribution in [1.82, 2.24) is 4.98 Å². The van der Waals surface area contributed by atoms with Crippen LogP contribution in [0.3, 0.4) is 0 Å². The number of aliphatic hydroxyl groups is 1. The molecule has 1 aromatic rings. The maximum atomic E-state index is 9.39. The van der Waals surface area contributed by atoms with E-state index < -0.39 is 6.10 Å². The molecule has 1 aliphatic heterocycles. The molecule has 0 saturated carbocycles. The molecule has 0 unspecified atom stereocenters. The number of rotatable bonds is 2. The Kier molecular flexibility index (Phi) is 2.89. The topological polar surface area (TPSA) is 36.4 Å². The molecule has 2 heterocycles. The summed E-state index contributed by atoms with van der Waals surface area (Å²) in [6.07, 6.45) is 2.61. The standard InChI is InChI=1S/C13H20N2O/c1-10(16)12-5-4-11(8-14-12)15-7-6-13(2,3)9-15/h4-5,8,10,16H,6-7,9H2,1-3H3/t10-/m0/s1. The molecule has 3 nitrogen and oxygen atoms in total. The van der Waals surface area contributed by atoms with Gasteiger partial charge in [-0.1, -0.05) is 13.8 Å². The molecule has 0 amide bonds. The lowest BCUT2D eigenvalue weighted by Gasteiger charge is -2.21. The van der Waals surface area contributed by atoms with Crippen molar-refractivity contribution in [2.24, 2.45) is 5.41 Å². The number of pyridine rings is 1. The lowest BCUT2D eigenvalue weighted by molar-refractivity contribution is 0.194. The fourth-order valence-electron chi connectivity index (χ4n) is 2.16. The fraction of sp³-hybridized carbons (Fsp3) is 0.615. The van der Waals surface area contributed by atoms with Crippen molar-refractivity contribution in [3.05, 3.63) is 24.0 Å². The van der Waals surface area contributed by atoms with E-state index in [2.05, 4.69) is 29.8 Å². The first-order valence-corrected chi connectivity index (χ1v) is 5.87. The van der Waals surface area contributed by atoms with Crippen LogP contribution in [0.15, 0.2) is 18.3 Å². The van der Waals surface area contributed by atoms with Gasteiger partial charge in [0.2, 0.25) is 0 Å². The van der Waals surface area contributed by atoms with Crippen molar-refractivity contribution in [1.29, 1.82) is 0 Å². The molecule has 0 aromatic carbocycles. The summed E-state index contributed by atoms with van der Waals surface area (Å²) in [5.41, 5.74) is 2.31. The van der Waals surface area contributed by atoms with Gasteiger partial charge in [-0.3, -0.25) is 4.98 Å². The summed E-state index contributed by atoms with van der Waals surface area (Å²) in [6.45, 7) is 8.52. The zero-order chi connectivity index (χ0) is 11.8. The smallest absolute Gasteiger partial charge is 0.0931 e. The van der Waals surface area contributed by atoms with Crippen LogP contribution in [0.1, 0.15) is 39.0 Å². The van der Waals surface area contributed by atoms with Crippen LogP contribution in [0.2, 0.25) is 0 Å². The maximum absolute atomic E-state index is 9.39. The van der Waals surface area contributed by atoms with E-state index in [0.29, 0.717) is 5.41 Å². The highest BCUT2D eigenvalue weighted by molar-refractivity contribution is 5.46. The third kappa shape index (κ3) is 2.35. The Morgan fingerprint density at radius 3 is 2.62 bits per heavy atom. The Balaban J connectivity index is 2.11. The van der Waals surface area contributed by atoms with Crippen LogP contribution >= 0.6 is 0 Å². The second kappa shape index (κ2) is 4.06. The first-order chi connectivity index (χ1) is 7.48. The number of hydrogen-bond donors (Lipinski definition) is 1. The molecule has 16 heavy (non-hydrogen) atoms. The minimum absolute atomic E-state index is 0.406. The van der Waals surface area contributed by atoms with E-state index in [1.54, 1.807) is 6.92 Å². The predicted molar refractivity (Wildman–Crippen MR) is 65.5 cm³/mol. The first kappa shape index (κ1) is 11.4. The molecule has 1 fully saturated rings. The molecule has 0 spiro atoms. The molecule has 2 rings (SSSR count). The van der Waals surface area contributed by atoms with Crippen LogP contribution in [-0.4, -0.2) is 23.2 Å². The van der Waals surface area contributed by atoms with Crippen LogP contribution < -0.4 is 4.90 Å². The zero-order valence-corrected chi connectivity index (χ0v) is 10.3. The Labute approximate surface area is 97.1 Å². The van der Waals surface area contributed by atoms with E-state index in [9.17, 15) is 5.11 Å². The highest BCUT2D eigenvalue weighted by atomic mass is 16.3. The van der Waals surface area contributed by atoms with Crippen LogP contribution in [0.5, 0.6) is 0 Å². The zero-order valence-electron chi connectivity index (χ0n) is 10.3. The molecule has 1 saturated heterocycles.